The number of benzene rings is 2. The topological polar surface area (TPSA) is 58.4 Å². The number of hydrogen-bond acceptors (Lipinski definition) is 4. The smallest absolute Gasteiger partial charge is 0.257 e. The van der Waals surface area contributed by atoms with Crippen LogP contribution in [0.5, 0.6) is 0 Å². The lowest BCUT2D eigenvalue weighted by Crippen LogP contribution is -2.48. The van der Waals surface area contributed by atoms with Gasteiger partial charge in [-0.15, -0.1) is 0 Å². The quantitative estimate of drug-likeness (QED) is 0.635. The van der Waals surface area contributed by atoms with E-state index in [0.717, 1.165) is 36.8 Å². The lowest BCUT2D eigenvalue weighted by Gasteiger charge is -2.45. The van der Waals surface area contributed by atoms with E-state index in [9.17, 15) is 9.18 Å². The Kier molecular flexibility index (Phi) is 5.92. The van der Waals surface area contributed by atoms with E-state index in [0.29, 0.717) is 17.0 Å². The van der Waals surface area contributed by atoms with E-state index in [-0.39, 0.29) is 23.3 Å². The van der Waals surface area contributed by atoms with E-state index < -0.39 is 0 Å². The molecule has 1 fully saturated rings. The summed E-state index contributed by atoms with van der Waals surface area (Å²) >= 11 is 0. The molecule has 0 atom stereocenters. The summed E-state index contributed by atoms with van der Waals surface area (Å²) in [5.41, 5.74) is 2.66. The normalized spacial score (nSPS) is 21.3. The van der Waals surface area contributed by atoms with Crippen LogP contribution in [0.4, 0.5) is 4.39 Å². The van der Waals surface area contributed by atoms with Crippen LogP contribution in [-0.2, 0) is 5.54 Å². The number of nitrogens with zero attached hydrogens (tertiary/aromatic N) is 2. The lowest BCUT2D eigenvalue weighted by molar-refractivity contribution is 0.0756. The Hall–Kier alpha value is -2.99. The number of carbonyl (C=O) groups is 1. The number of halogens is 1. The summed E-state index contributed by atoms with van der Waals surface area (Å²) < 4.78 is 19.2. The fourth-order valence-corrected chi connectivity index (χ4v) is 4.70. The van der Waals surface area contributed by atoms with Crippen LogP contribution >= 0.6 is 0 Å². The van der Waals surface area contributed by atoms with Crippen LogP contribution in [-0.4, -0.2) is 36.1 Å². The third-order valence-corrected chi connectivity index (χ3v) is 6.50. The van der Waals surface area contributed by atoms with E-state index in [1.54, 1.807) is 19.1 Å². The average molecular weight is 422 g/mol. The summed E-state index contributed by atoms with van der Waals surface area (Å²) in [6.07, 6.45) is 3.29. The molecule has 2 aromatic carbocycles. The van der Waals surface area contributed by atoms with Crippen molar-refractivity contribution < 1.29 is 13.7 Å². The highest BCUT2D eigenvalue weighted by Crippen LogP contribution is 2.41. The molecule has 3 aromatic rings. The average Bonchev–Trinajstić information content (AvgIpc) is 3.16. The van der Waals surface area contributed by atoms with E-state index >= 15 is 0 Å². The summed E-state index contributed by atoms with van der Waals surface area (Å²) in [4.78, 5) is 15.3. The standard InChI is InChI=1S/C25H28FN3O2/c1-17-22(23(28-31-17)18-8-5-4-6-9-18)24(30)27-21-12-14-25(15-13-21,29(2)3)19-10-7-11-20(26)16-19/h4-11,16,21H,12-15H2,1-3H3,(H,27,30). The number of aromatic nitrogens is 1. The summed E-state index contributed by atoms with van der Waals surface area (Å²) in [6.45, 7) is 1.76. The van der Waals surface area contributed by atoms with Gasteiger partial charge in [-0.25, -0.2) is 4.39 Å². The van der Waals surface area contributed by atoms with Gasteiger partial charge in [0.05, 0.1) is 0 Å². The number of carbonyl (C=O) groups excluding carboxylic acids is 1. The molecule has 0 radical (unpaired) electrons. The highest BCUT2D eigenvalue weighted by molar-refractivity contribution is 6.00. The maximum atomic E-state index is 13.9. The first-order valence-corrected chi connectivity index (χ1v) is 10.7. The number of aryl methyl sites for hydroxylation is 1. The van der Waals surface area contributed by atoms with Crippen molar-refractivity contribution in [1.29, 1.82) is 0 Å². The summed E-state index contributed by atoms with van der Waals surface area (Å²) in [7, 11) is 4.08. The maximum Gasteiger partial charge on any atom is 0.257 e. The molecule has 1 aliphatic rings. The first-order valence-electron chi connectivity index (χ1n) is 10.7. The van der Waals surface area contributed by atoms with Gasteiger partial charge in [0.1, 0.15) is 22.8 Å². The molecule has 1 N–H and O–H groups in total. The lowest BCUT2D eigenvalue weighted by atomic mass is 9.74. The Morgan fingerprint density at radius 1 is 1.13 bits per heavy atom. The van der Waals surface area contributed by atoms with Crippen molar-refractivity contribution in [2.24, 2.45) is 0 Å². The Morgan fingerprint density at radius 2 is 1.84 bits per heavy atom. The second-order valence-corrected chi connectivity index (χ2v) is 8.51. The van der Waals surface area contributed by atoms with Gasteiger partial charge in [-0.1, -0.05) is 47.6 Å². The van der Waals surface area contributed by atoms with Crippen LogP contribution in [0.15, 0.2) is 59.1 Å². The summed E-state index contributed by atoms with van der Waals surface area (Å²) in [5.74, 6) is 0.130. The fraction of sp³-hybridized carbons (Fsp3) is 0.360. The molecule has 4 rings (SSSR count). The van der Waals surface area contributed by atoms with Crippen molar-refractivity contribution in [1.82, 2.24) is 15.4 Å². The van der Waals surface area contributed by atoms with Crippen molar-refractivity contribution in [2.75, 3.05) is 14.1 Å². The zero-order valence-electron chi connectivity index (χ0n) is 18.2. The highest BCUT2D eigenvalue weighted by atomic mass is 19.1. The first kappa shape index (κ1) is 21.2. The van der Waals surface area contributed by atoms with Gasteiger partial charge in [-0.2, -0.15) is 0 Å². The molecule has 0 spiro atoms. The molecule has 1 heterocycles. The Balaban J connectivity index is 1.50. The minimum atomic E-state index is -0.231. The van der Waals surface area contributed by atoms with Gasteiger partial charge in [0.2, 0.25) is 0 Å². The molecule has 31 heavy (non-hydrogen) atoms. The van der Waals surface area contributed by atoms with Crippen LogP contribution in [0.2, 0.25) is 0 Å². The van der Waals surface area contributed by atoms with Gasteiger partial charge in [0, 0.05) is 17.1 Å². The third-order valence-electron chi connectivity index (χ3n) is 6.50. The zero-order valence-corrected chi connectivity index (χ0v) is 18.2. The summed E-state index contributed by atoms with van der Waals surface area (Å²) in [5, 5.41) is 7.30. The molecular weight excluding hydrogens is 393 g/mol. The predicted octanol–water partition coefficient (Wildman–Crippen LogP) is 4.92. The Morgan fingerprint density at radius 3 is 2.48 bits per heavy atom. The second kappa shape index (κ2) is 8.63. The van der Waals surface area contributed by atoms with Crippen LogP contribution in [0.25, 0.3) is 11.3 Å². The molecule has 1 saturated carbocycles. The van der Waals surface area contributed by atoms with Crippen LogP contribution < -0.4 is 5.32 Å². The van der Waals surface area contributed by atoms with Crippen LogP contribution in [0.1, 0.15) is 47.4 Å². The highest BCUT2D eigenvalue weighted by Gasteiger charge is 2.39. The molecule has 0 aliphatic heterocycles. The molecule has 1 aliphatic carbocycles. The molecule has 162 valence electrons. The minimum absolute atomic E-state index is 0.0482. The molecule has 1 amide bonds. The van der Waals surface area contributed by atoms with Crippen molar-refractivity contribution >= 4 is 5.91 Å². The van der Waals surface area contributed by atoms with Gasteiger partial charge in [-0.3, -0.25) is 9.69 Å². The largest absolute Gasteiger partial charge is 0.360 e. The third kappa shape index (κ3) is 4.12. The first-order chi connectivity index (χ1) is 14.9. The molecular formula is C25H28FN3O2. The number of amides is 1. The van der Waals surface area contributed by atoms with E-state index in [1.807, 2.05) is 50.5 Å². The molecule has 1 aromatic heterocycles. The number of nitrogens with one attached hydrogen (secondary N) is 1. The predicted molar refractivity (Wildman–Crippen MR) is 118 cm³/mol. The van der Waals surface area contributed by atoms with Gasteiger partial charge in [0.25, 0.3) is 5.91 Å². The van der Waals surface area contributed by atoms with Crippen molar-refractivity contribution in [2.45, 2.75) is 44.2 Å². The monoisotopic (exact) mass is 421 g/mol. The van der Waals surface area contributed by atoms with Crippen molar-refractivity contribution in [3.63, 3.8) is 0 Å². The number of rotatable bonds is 5. The Bertz CT molecular complexity index is 1050. The number of hydrogen-bond donors (Lipinski definition) is 1. The minimum Gasteiger partial charge on any atom is -0.360 e. The van der Waals surface area contributed by atoms with E-state index in [2.05, 4.69) is 15.4 Å². The van der Waals surface area contributed by atoms with E-state index in [1.165, 1.54) is 6.07 Å². The van der Waals surface area contributed by atoms with Gasteiger partial charge in [-0.05, 0) is 64.4 Å². The molecule has 0 bridgehead atoms. The molecule has 5 nitrogen and oxygen atoms in total. The Labute approximate surface area is 182 Å². The van der Waals surface area contributed by atoms with Gasteiger partial charge in [0.15, 0.2) is 0 Å². The van der Waals surface area contributed by atoms with Crippen LogP contribution in [0.3, 0.4) is 0 Å². The van der Waals surface area contributed by atoms with Crippen molar-refractivity contribution in [3.8, 4) is 11.3 Å². The molecule has 6 heteroatoms. The fourth-order valence-electron chi connectivity index (χ4n) is 4.70. The molecule has 0 unspecified atom stereocenters. The molecule has 0 saturated heterocycles. The summed E-state index contributed by atoms with van der Waals surface area (Å²) in [6, 6.07) is 16.5. The van der Waals surface area contributed by atoms with Crippen molar-refractivity contribution in [3.05, 3.63) is 77.3 Å². The SMILES string of the molecule is Cc1onc(-c2ccccc2)c1C(=O)NC1CCC(c2cccc(F)c2)(N(C)C)CC1. The van der Waals surface area contributed by atoms with E-state index in [4.69, 9.17) is 4.52 Å². The second-order valence-electron chi connectivity index (χ2n) is 8.51. The van der Waals surface area contributed by atoms with Gasteiger partial charge < -0.3 is 9.84 Å². The zero-order chi connectivity index (χ0) is 22.0. The van der Waals surface area contributed by atoms with Crippen LogP contribution in [0, 0.1) is 12.7 Å². The maximum absolute atomic E-state index is 13.9. The van der Waals surface area contributed by atoms with Gasteiger partial charge >= 0.3 is 0 Å².